The third kappa shape index (κ3) is 4.95. The first-order chi connectivity index (χ1) is 12.9. The van der Waals surface area contributed by atoms with Crippen LogP contribution in [0.3, 0.4) is 0 Å². The van der Waals surface area contributed by atoms with Gasteiger partial charge in [-0.05, 0) is 43.7 Å². The summed E-state index contributed by atoms with van der Waals surface area (Å²) in [6.45, 7) is 3.91. The number of amides is 1. The van der Waals surface area contributed by atoms with Crippen LogP contribution in [0.1, 0.15) is 18.4 Å². The Morgan fingerprint density at radius 2 is 2.04 bits per heavy atom. The van der Waals surface area contributed by atoms with E-state index in [1.54, 1.807) is 14.0 Å². The van der Waals surface area contributed by atoms with Gasteiger partial charge in [-0.15, -0.1) is 0 Å². The number of likely N-dealkylation sites (N-methyl/N-ethyl adjacent to an activating group) is 1. The molecule has 0 saturated heterocycles. The summed E-state index contributed by atoms with van der Waals surface area (Å²) >= 11 is 3.42. The Balaban J connectivity index is 1.62. The van der Waals surface area contributed by atoms with Crippen molar-refractivity contribution in [1.82, 2.24) is 15.0 Å². The van der Waals surface area contributed by atoms with E-state index in [1.165, 1.54) is 4.90 Å². The van der Waals surface area contributed by atoms with Crippen LogP contribution >= 0.6 is 15.9 Å². The normalized spacial score (nSPS) is 11.9. The van der Waals surface area contributed by atoms with Gasteiger partial charge in [0.25, 0.3) is 5.91 Å². The second-order valence-electron chi connectivity index (χ2n) is 6.29. The number of nitrogens with zero attached hydrogens (tertiary/aromatic N) is 3. The number of ether oxygens (including phenoxy) is 1. The molecule has 0 radical (unpaired) electrons. The number of hydrogen-bond acceptors (Lipinski definition) is 5. The smallest absolute Gasteiger partial charge is 0.263 e. The van der Waals surface area contributed by atoms with Gasteiger partial charge in [-0.3, -0.25) is 4.79 Å². The summed E-state index contributed by atoms with van der Waals surface area (Å²) in [5, 5.41) is 3.99. The minimum atomic E-state index is -0.621. The summed E-state index contributed by atoms with van der Waals surface area (Å²) in [4.78, 5) is 18.4. The standard InChI is InChI=1S/C20H20BrN3O3/c1-13-6-4-9-17(10-13)26-14(2)20(25)24(3)12-18-22-19(23-27-18)15-7-5-8-16(21)11-15/h4-11,14H,12H2,1-3H3/t14-/m1/s1. The summed E-state index contributed by atoms with van der Waals surface area (Å²) in [7, 11) is 1.68. The number of benzene rings is 2. The van der Waals surface area contributed by atoms with Crippen LogP contribution in [0.4, 0.5) is 0 Å². The zero-order chi connectivity index (χ0) is 19.4. The van der Waals surface area contributed by atoms with Gasteiger partial charge in [0, 0.05) is 17.1 Å². The van der Waals surface area contributed by atoms with Crippen molar-refractivity contribution < 1.29 is 14.1 Å². The van der Waals surface area contributed by atoms with E-state index >= 15 is 0 Å². The van der Waals surface area contributed by atoms with Crippen molar-refractivity contribution in [1.29, 1.82) is 0 Å². The molecule has 0 aliphatic heterocycles. The van der Waals surface area contributed by atoms with Gasteiger partial charge < -0.3 is 14.2 Å². The second-order valence-corrected chi connectivity index (χ2v) is 7.21. The molecule has 0 bridgehead atoms. The quantitative estimate of drug-likeness (QED) is 0.586. The van der Waals surface area contributed by atoms with Gasteiger partial charge in [0.1, 0.15) is 5.75 Å². The van der Waals surface area contributed by atoms with Crippen molar-refractivity contribution in [2.75, 3.05) is 7.05 Å². The highest BCUT2D eigenvalue weighted by atomic mass is 79.9. The monoisotopic (exact) mass is 429 g/mol. The fourth-order valence-corrected chi connectivity index (χ4v) is 3.00. The summed E-state index contributed by atoms with van der Waals surface area (Å²) in [6, 6.07) is 15.2. The first-order valence-electron chi connectivity index (χ1n) is 8.49. The lowest BCUT2D eigenvalue weighted by Crippen LogP contribution is -2.37. The molecule has 1 atom stereocenters. The maximum absolute atomic E-state index is 12.6. The van der Waals surface area contributed by atoms with Gasteiger partial charge >= 0.3 is 0 Å². The number of aryl methyl sites for hydroxylation is 1. The van der Waals surface area contributed by atoms with Crippen molar-refractivity contribution in [3.05, 3.63) is 64.5 Å². The average molecular weight is 430 g/mol. The molecule has 0 fully saturated rings. The van der Waals surface area contributed by atoms with Crippen LogP contribution in [-0.4, -0.2) is 34.1 Å². The van der Waals surface area contributed by atoms with E-state index in [4.69, 9.17) is 9.26 Å². The van der Waals surface area contributed by atoms with Crippen LogP contribution in [0, 0.1) is 6.92 Å². The topological polar surface area (TPSA) is 68.5 Å². The molecule has 3 aromatic rings. The highest BCUT2D eigenvalue weighted by Gasteiger charge is 2.21. The third-order valence-corrected chi connectivity index (χ3v) is 4.44. The fraction of sp³-hybridized carbons (Fsp3) is 0.250. The molecule has 0 aliphatic carbocycles. The highest BCUT2D eigenvalue weighted by Crippen LogP contribution is 2.21. The molecule has 0 aliphatic rings. The van der Waals surface area contributed by atoms with E-state index < -0.39 is 6.10 Å². The van der Waals surface area contributed by atoms with Crippen LogP contribution in [0.15, 0.2) is 57.5 Å². The fourth-order valence-electron chi connectivity index (χ4n) is 2.60. The van der Waals surface area contributed by atoms with Gasteiger partial charge in [0.2, 0.25) is 11.7 Å². The van der Waals surface area contributed by atoms with Crippen molar-refractivity contribution in [3.63, 3.8) is 0 Å². The molecule has 6 nitrogen and oxygen atoms in total. The number of carbonyl (C=O) groups excluding carboxylic acids is 1. The Bertz CT molecular complexity index is 941. The zero-order valence-electron chi connectivity index (χ0n) is 15.3. The lowest BCUT2D eigenvalue weighted by Gasteiger charge is -2.20. The average Bonchev–Trinajstić information content (AvgIpc) is 3.09. The van der Waals surface area contributed by atoms with E-state index in [0.29, 0.717) is 17.5 Å². The molecule has 0 unspecified atom stereocenters. The lowest BCUT2D eigenvalue weighted by molar-refractivity contribution is -0.137. The molecule has 2 aromatic carbocycles. The molecule has 0 spiro atoms. The predicted molar refractivity (Wildman–Crippen MR) is 105 cm³/mol. The molecule has 1 heterocycles. The van der Waals surface area contributed by atoms with Crippen LogP contribution in [0.2, 0.25) is 0 Å². The summed E-state index contributed by atoms with van der Waals surface area (Å²) in [5.41, 5.74) is 1.91. The lowest BCUT2D eigenvalue weighted by atomic mass is 10.2. The van der Waals surface area contributed by atoms with Crippen molar-refractivity contribution in [2.24, 2.45) is 0 Å². The van der Waals surface area contributed by atoms with E-state index in [2.05, 4.69) is 26.1 Å². The molecular weight excluding hydrogens is 410 g/mol. The van der Waals surface area contributed by atoms with E-state index in [0.717, 1.165) is 15.6 Å². The van der Waals surface area contributed by atoms with Crippen molar-refractivity contribution >= 4 is 21.8 Å². The summed E-state index contributed by atoms with van der Waals surface area (Å²) in [5.74, 6) is 1.34. The van der Waals surface area contributed by atoms with E-state index in [-0.39, 0.29) is 12.5 Å². The molecule has 7 heteroatoms. The molecule has 140 valence electrons. The van der Waals surface area contributed by atoms with Crippen LogP contribution < -0.4 is 4.74 Å². The minimum Gasteiger partial charge on any atom is -0.481 e. The number of halogens is 1. The number of carbonyl (C=O) groups is 1. The maximum atomic E-state index is 12.6. The Morgan fingerprint density at radius 3 is 2.78 bits per heavy atom. The molecule has 0 N–H and O–H groups in total. The Labute approximate surface area is 166 Å². The third-order valence-electron chi connectivity index (χ3n) is 3.95. The first kappa shape index (κ1) is 19.1. The van der Waals surface area contributed by atoms with Gasteiger partial charge in [0.15, 0.2) is 6.10 Å². The SMILES string of the molecule is Cc1cccc(O[C@H](C)C(=O)N(C)Cc2nc(-c3cccc(Br)c3)no2)c1. The molecule has 3 rings (SSSR count). The molecule has 1 amide bonds. The minimum absolute atomic E-state index is 0.168. The van der Waals surface area contributed by atoms with Crippen LogP contribution in [0.25, 0.3) is 11.4 Å². The number of aromatic nitrogens is 2. The predicted octanol–water partition coefficient (Wildman–Crippen LogP) is 4.23. The number of hydrogen-bond donors (Lipinski definition) is 0. The number of rotatable bonds is 6. The summed E-state index contributed by atoms with van der Waals surface area (Å²) < 4.78 is 12.0. The van der Waals surface area contributed by atoms with Crippen LogP contribution in [0.5, 0.6) is 5.75 Å². The largest absolute Gasteiger partial charge is 0.481 e. The van der Waals surface area contributed by atoms with Crippen molar-refractivity contribution in [2.45, 2.75) is 26.5 Å². The molecule has 0 saturated carbocycles. The second kappa shape index (κ2) is 8.35. The molecular formula is C20H20BrN3O3. The Morgan fingerprint density at radius 1 is 1.26 bits per heavy atom. The van der Waals surface area contributed by atoms with Gasteiger partial charge in [0.05, 0.1) is 6.54 Å². The highest BCUT2D eigenvalue weighted by molar-refractivity contribution is 9.10. The Hall–Kier alpha value is -2.67. The Kier molecular flexibility index (Phi) is 5.91. The van der Waals surface area contributed by atoms with Gasteiger partial charge in [-0.2, -0.15) is 4.98 Å². The van der Waals surface area contributed by atoms with E-state index in [9.17, 15) is 4.79 Å². The maximum Gasteiger partial charge on any atom is 0.263 e. The van der Waals surface area contributed by atoms with Gasteiger partial charge in [-0.1, -0.05) is 45.4 Å². The van der Waals surface area contributed by atoms with E-state index in [1.807, 2.05) is 55.5 Å². The van der Waals surface area contributed by atoms with Crippen LogP contribution in [-0.2, 0) is 11.3 Å². The summed E-state index contributed by atoms with van der Waals surface area (Å²) in [6.07, 6.45) is -0.621. The van der Waals surface area contributed by atoms with Gasteiger partial charge in [-0.25, -0.2) is 0 Å². The van der Waals surface area contributed by atoms with Crippen molar-refractivity contribution in [3.8, 4) is 17.1 Å². The molecule has 27 heavy (non-hydrogen) atoms. The first-order valence-corrected chi connectivity index (χ1v) is 9.28. The zero-order valence-corrected chi connectivity index (χ0v) is 16.9. The molecule has 1 aromatic heterocycles.